The Bertz CT molecular complexity index is 648. The van der Waals surface area contributed by atoms with Gasteiger partial charge in [-0.15, -0.1) is 0 Å². The van der Waals surface area contributed by atoms with Gasteiger partial charge in [-0.05, 0) is 19.1 Å². The number of nitrogens with zero attached hydrogens (tertiary/aromatic N) is 4. The molecule has 0 aliphatic rings. The fourth-order valence-corrected chi connectivity index (χ4v) is 2.95. The lowest BCUT2D eigenvalue weighted by atomic mass is 10.2. The van der Waals surface area contributed by atoms with E-state index in [0.717, 1.165) is 17.4 Å². The molecule has 2 aromatic rings. The number of carbonyl (C=O) groups is 1. The molecule has 0 spiro atoms. The van der Waals surface area contributed by atoms with E-state index < -0.39 is 0 Å². The third-order valence-electron chi connectivity index (χ3n) is 3.16. The summed E-state index contributed by atoms with van der Waals surface area (Å²) in [6, 6.07) is 11.5. The zero-order valence-electron chi connectivity index (χ0n) is 12.5. The highest BCUT2D eigenvalue weighted by atomic mass is 32.2. The van der Waals surface area contributed by atoms with E-state index in [0.29, 0.717) is 18.7 Å². The minimum absolute atomic E-state index is 0.0166. The van der Waals surface area contributed by atoms with E-state index in [1.807, 2.05) is 48.0 Å². The highest BCUT2D eigenvalue weighted by Crippen LogP contribution is 2.19. The van der Waals surface area contributed by atoms with Crippen molar-refractivity contribution in [2.24, 2.45) is 0 Å². The minimum Gasteiger partial charge on any atom is -0.326 e. The Labute approximate surface area is 134 Å². The highest BCUT2D eigenvalue weighted by Gasteiger charge is 2.16. The molecule has 5 nitrogen and oxygen atoms in total. The van der Waals surface area contributed by atoms with Crippen LogP contribution in [0.25, 0.3) is 0 Å². The maximum atomic E-state index is 12.5. The van der Waals surface area contributed by atoms with Crippen LogP contribution in [0.4, 0.5) is 5.69 Å². The van der Waals surface area contributed by atoms with Crippen LogP contribution < -0.4 is 4.90 Å². The average molecular weight is 314 g/mol. The van der Waals surface area contributed by atoms with Crippen LogP contribution in [0.1, 0.15) is 13.3 Å². The SMILES string of the molecule is CCn1ccnc1SCC(=O)N(CCC#N)c1ccccc1. The quantitative estimate of drug-likeness (QED) is 0.737. The van der Waals surface area contributed by atoms with Gasteiger partial charge < -0.3 is 9.47 Å². The van der Waals surface area contributed by atoms with Crippen molar-refractivity contribution in [1.82, 2.24) is 9.55 Å². The first-order chi connectivity index (χ1) is 10.8. The van der Waals surface area contributed by atoms with Crippen molar-refractivity contribution in [1.29, 1.82) is 5.26 Å². The first kappa shape index (κ1) is 16.1. The first-order valence-corrected chi connectivity index (χ1v) is 8.11. The van der Waals surface area contributed by atoms with Gasteiger partial charge in [0.05, 0.1) is 18.2 Å². The summed E-state index contributed by atoms with van der Waals surface area (Å²) in [4.78, 5) is 18.4. The van der Waals surface area contributed by atoms with Crippen LogP contribution in [-0.4, -0.2) is 27.8 Å². The molecule has 22 heavy (non-hydrogen) atoms. The van der Waals surface area contributed by atoms with Crippen molar-refractivity contribution in [3.05, 3.63) is 42.7 Å². The molecule has 1 amide bonds. The summed E-state index contributed by atoms with van der Waals surface area (Å²) in [5, 5.41) is 9.62. The fraction of sp³-hybridized carbons (Fsp3) is 0.312. The van der Waals surface area contributed by atoms with Gasteiger partial charge >= 0.3 is 0 Å². The third kappa shape index (κ3) is 4.12. The number of para-hydroxylation sites is 1. The predicted octanol–water partition coefficient (Wildman–Crippen LogP) is 2.94. The van der Waals surface area contributed by atoms with Gasteiger partial charge in [-0.3, -0.25) is 4.79 Å². The molecule has 1 aromatic carbocycles. The van der Waals surface area contributed by atoms with Crippen LogP contribution in [-0.2, 0) is 11.3 Å². The van der Waals surface area contributed by atoms with Crippen LogP contribution in [0.2, 0.25) is 0 Å². The molecule has 0 saturated carbocycles. The lowest BCUT2D eigenvalue weighted by Gasteiger charge is -2.21. The number of nitriles is 1. The Morgan fingerprint density at radius 3 is 2.86 bits per heavy atom. The van der Waals surface area contributed by atoms with E-state index in [1.165, 1.54) is 11.8 Å². The lowest BCUT2D eigenvalue weighted by Crippen LogP contribution is -2.33. The Kier molecular flexibility index (Phi) is 6.04. The number of amides is 1. The maximum Gasteiger partial charge on any atom is 0.237 e. The normalized spacial score (nSPS) is 10.2. The lowest BCUT2D eigenvalue weighted by molar-refractivity contribution is -0.116. The molecule has 1 aromatic heterocycles. The number of thioether (sulfide) groups is 1. The molecule has 0 fully saturated rings. The van der Waals surface area contributed by atoms with E-state index in [1.54, 1.807) is 11.1 Å². The number of benzene rings is 1. The van der Waals surface area contributed by atoms with Crippen molar-refractivity contribution in [2.75, 3.05) is 17.2 Å². The van der Waals surface area contributed by atoms with Gasteiger partial charge in [0.1, 0.15) is 0 Å². The zero-order valence-corrected chi connectivity index (χ0v) is 13.3. The van der Waals surface area contributed by atoms with Gasteiger partial charge in [-0.1, -0.05) is 30.0 Å². The van der Waals surface area contributed by atoms with Crippen LogP contribution in [0.5, 0.6) is 0 Å². The van der Waals surface area contributed by atoms with Crippen molar-refractivity contribution >= 4 is 23.4 Å². The summed E-state index contributed by atoms with van der Waals surface area (Å²) in [6.07, 6.45) is 3.95. The van der Waals surface area contributed by atoms with Crippen molar-refractivity contribution < 1.29 is 4.79 Å². The molecule has 0 bridgehead atoms. The van der Waals surface area contributed by atoms with E-state index >= 15 is 0 Å². The molecule has 0 saturated heterocycles. The maximum absolute atomic E-state index is 12.5. The molecule has 0 atom stereocenters. The van der Waals surface area contributed by atoms with Crippen molar-refractivity contribution in [3.63, 3.8) is 0 Å². The molecule has 2 rings (SSSR count). The summed E-state index contributed by atoms with van der Waals surface area (Å²) < 4.78 is 2.00. The minimum atomic E-state index is -0.0166. The number of aromatic nitrogens is 2. The van der Waals surface area contributed by atoms with Gasteiger partial charge in [-0.2, -0.15) is 5.26 Å². The second-order valence-electron chi connectivity index (χ2n) is 4.57. The molecular weight excluding hydrogens is 296 g/mol. The summed E-state index contributed by atoms with van der Waals surface area (Å²) in [7, 11) is 0. The molecule has 0 aliphatic heterocycles. The van der Waals surface area contributed by atoms with Gasteiger partial charge in [0, 0.05) is 31.2 Å². The summed E-state index contributed by atoms with van der Waals surface area (Å²) in [5.41, 5.74) is 0.821. The summed E-state index contributed by atoms with van der Waals surface area (Å²) >= 11 is 1.42. The second kappa shape index (κ2) is 8.25. The number of imidazole rings is 1. The van der Waals surface area contributed by atoms with Gasteiger partial charge in [0.25, 0.3) is 0 Å². The monoisotopic (exact) mass is 314 g/mol. The molecule has 114 valence electrons. The molecule has 0 aliphatic carbocycles. The first-order valence-electron chi connectivity index (χ1n) is 7.12. The Balaban J connectivity index is 2.04. The zero-order chi connectivity index (χ0) is 15.8. The molecule has 0 N–H and O–H groups in total. The van der Waals surface area contributed by atoms with E-state index in [4.69, 9.17) is 5.26 Å². The molecular formula is C16H18N4OS. The number of carbonyl (C=O) groups excluding carboxylic acids is 1. The standard InChI is InChI=1S/C16H18N4OS/c1-2-19-12-10-18-16(19)22-13-15(21)20(11-6-9-17)14-7-4-3-5-8-14/h3-5,7-8,10,12H,2,6,11,13H2,1H3. The smallest absolute Gasteiger partial charge is 0.237 e. The number of hydrogen-bond acceptors (Lipinski definition) is 4. The summed E-state index contributed by atoms with van der Waals surface area (Å²) in [5.74, 6) is 0.286. The van der Waals surface area contributed by atoms with E-state index in [2.05, 4.69) is 11.1 Å². The fourth-order valence-electron chi connectivity index (χ4n) is 2.05. The Morgan fingerprint density at radius 1 is 1.41 bits per heavy atom. The number of rotatable bonds is 7. The van der Waals surface area contributed by atoms with Gasteiger partial charge in [0.15, 0.2) is 5.16 Å². The number of anilines is 1. The van der Waals surface area contributed by atoms with Crippen LogP contribution in [0.3, 0.4) is 0 Å². The Hall–Kier alpha value is -2.26. The third-order valence-corrected chi connectivity index (χ3v) is 4.15. The van der Waals surface area contributed by atoms with Gasteiger partial charge in [0.2, 0.25) is 5.91 Å². The largest absolute Gasteiger partial charge is 0.326 e. The van der Waals surface area contributed by atoms with Gasteiger partial charge in [-0.25, -0.2) is 4.98 Å². The molecule has 1 heterocycles. The van der Waals surface area contributed by atoms with Crippen LogP contribution in [0, 0.1) is 11.3 Å². The van der Waals surface area contributed by atoms with Crippen molar-refractivity contribution in [3.8, 4) is 6.07 Å². The Morgan fingerprint density at radius 2 is 2.18 bits per heavy atom. The molecule has 6 heteroatoms. The highest BCUT2D eigenvalue weighted by molar-refractivity contribution is 7.99. The van der Waals surface area contributed by atoms with E-state index in [-0.39, 0.29) is 5.91 Å². The number of hydrogen-bond donors (Lipinski definition) is 0. The number of aryl methyl sites for hydroxylation is 1. The van der Waals surface area contributed by atoms with E-state index in [9.17, 15) is 4.79 Å². The van der Waals surface area contributed by atoms with Crippen LogP contribution >= 0.6 is 11.8 Å². The topological polar surface area (TPSA) is 61.9 Å². The molecule has 0 radical (unpaired) electrons. The second-order valence-corrected chi connectivity index (χ2v) is 5.52. The van der Waals surface area contributed by atoms with Crippen molar-refractivity contribution in [2.45, 2.75) is 25.0 Å². The molecule has 0 unspecified atom stereocenters. The summed E-state index contributed by atoms with van der Waals surface area (Å²) in [6.45, 7) is 3.27. The average Bonchev–Trinajstić information content (AvgIpc) is 3.02. The predicted molar refractivity (Wildman–Crippen MR) is 87.7 cm³/mol. The van der Waals surface area contributed by atoms with Crippen LogP contribution in [0.15, 0.2) is 47.9 Å².